The number of anilines is 1. The van der Waals surface area contributed by atoms with E-state index in [0.717, 1.165) is 15.0 Å². The minimum Gasteiger partial charge on any atom is -0.508 e. The van der Waals surface area contributed by atoms with Gasteiger partial charge in [-0.2, -0.15) is 5.01 Å². The van der Waals surface area contributed by atoms with E-state index < -0.39 is 46.5 Å². The van der Waals surface area contributed by atoms with Gasteiger partial charge >= 0.3 is 11.4 Å². The lowest BCUT2D eigenvalue weighted by atomic mass is 9.52. The molecule has 13 heteroatoms. The van der Waals surface area contributed by atoms with E-state index >= 15 is 9.59 Å². The number of aromatic nitrogens is 3. The Labute approximate surface area is 317 Å². The van der Waals surface area contributed by atoms with E-state index in [-0.39, 0.29) is 29.4 Å². The quantitative estimate of drug-likeness (QED) is 0.145. The minimum atomic E-state index is -1.66. The van der Waals surface area contributed by atoms with Crippen LogP contribution in [0.15, 0.2) is 130 Å². The first-order valence-electron chi connectivity index (χ1n) is 17.3. The van der Waals surface area contributed by atoms with E-state index in [0.29, 0.717) is 38.5 Å². The Morgan fingerprint density at radius 3 is 2.33 bits per heavy atom. The molecule has 2 amide bonds. The van der Waals surface area contributed by atoms with Gasteiger partial charge in [-0.15, -0.1) is 0 Å². The molecule has 11 nitrogen and oxygen atoms in total. The molecule has 4 atom stereocenters. The summed E-state index contributed by atoms with van der Waals surface area (Å²) in [5.74, 6) is -2.80. The number of nitrogens with zero attached hydrogens (tertiary/aromatic N) is 4. The lowest BCUT2D eigenvalue weighted by Crippen LogP contribution is -2.53. The van der Waals surface area contributed by atoms with Crippen LogP contribution < -0.4 is 21.5 Å². The zero-order valence-electron chi connectivity index (χ0n) is 28.6. The molecular weight excluding hydrogens is 729 g/mol. The molecule has 1 saturated heterocycles. The van der Waals surface area contributed by atoms with Gasteiger partial charge in [0.1, 0.15) is 11.5 Å². The average Bonchev–Trinajstić information content (AvgIpc) is 3.57. The number of hydrogen-bond acceptors (Lipinski definition) is 7. The highest BCUT2D eigenvalue weighted by Crippen LogP contribution is 2.63. The predicted molar refractivity (Wildman–Crippen MR) is 204 cm³/mol. The number of allylic oxidation sites excluding steroid dienone is 2. The van der Waals surface area contributed by atoms with Crippen molar-refractivity contribution < 1.29 is 19.4 Å². The van der Waals surface area contributed by atoms with Crippen LogP contribution in [0.4, 0.5) is 5.69 Å². The number of ether oxygens (including phenoxy) is 1. The lowest BCUT2D eigenvalue weighted by molar-refractivity contribution is -0.138. The minimum absolute atomic E-state index is 0.00954. The van der Waals surface area contributed by atoms with E-state index in [4.69, 9.17) is 27.9 Å². The fourth-order valence-corrected chi connectivity index (χ4v) is 9.26. The second kappa shape index (κ2) is 12.5. The second-order valence-corrected chi connectivity index (χ2v) is 14.5. The maximum Gasteiger partial charge on any atom is 0.352 e. The molecule has 0 unspecified atom stereocenters. The maximum atomic E-state index is 15.6. The number of hydrazine groups is 1. The third-order valence-electron chi connectivity index (χ3n) is 11.1. The standard InChI is InChI=1S/C41H31Cl2N5O6/c1-54-27-15-12-24(13-16-27)41-30(37(50)47(38(41)51)44-32-17-14-25(42)21-31(32)43)22-33-29(36(41)35-28-10-6-5-7-23(28)11-18-34(35)49)19-20-45-39(52)46(40(53)48(33)45)26-8-3-2-4-9-26/h2-19,21,30,33,36,44,49H,20,22H2,1H3/t30-,33+,36+,41+/m0/s1. The summed E-state index contributed by atoms with van der Waals surface area (Å²) in [6.45, 7) is 0.00954. The molecule has 0 radical (unpaired) electrons. The SMILES string of the molecule is COc1ccc([C@@]23C(=O)N(Nc4ccc(Cl)cc4Cl)C(=O)[C@@H]2C[C@@H]2C(=CCn4c(=O)n(-c5ccccc5)c(=O)n42)[C@@H]3c2c(O)ccc3ccccc23)cc1. The normalized spacial score (nSPS) is 21.7. The Kier molecular flexibility index (Phi) is 7.84. The van der Waals surface area contributed by atoms with E-state index in [1.807, 2.05) is 30.3 Å². The summed E-state index contributed by atoms with van der Waals surface area (Å²) in [5, 5.41) is 15.0. The number of carbonyl (C=O) groups excluding carboxylic acids is 2. The third kappa shape index (κ3) is 4.74. The smallest absolute Gasteiger partial charge is 0.352 e. The third-order valence-corrected chi connectivity index (χ3v) is 11.6. The number of amides is 2. The number of rotatable bonds is 6. The van der Waals surface area contributed by atoms with Crippen molar-refractivity contribution in [3.8, 4) is 17.2 Å². The first-order chi connectivity index (χ1) is 26.1. The first-order valence-corrected chi connectivity index (χ1v) is 18.1. The Morgan fingerprint density at radius 1 is 0.852 bits per heavy atom. The fraction of sp³-hybridized carbons (Fsp3) is 0.171. The van der Waals surface area contributed by atoms with Gasteiger partial charge in [-0.05, 0) is 76.9 Å². The molecule has 270 valence electrons. The van der Waals surface area contributed by atoms with Crippen LogP contribution in [-0.2, 0) is 21.5 Å². The van der Waals surface area contributed by atoms with Crippen molar-refractivity contribution in [1.82, 2.24) is 18.9 Å². The number of nitrogens with one attached hydrogen (secondary N) is 1. The van der Waals surface area contributed by atoms with Crippen molar-refractivity contribution in [1.29, 1.82) is 0 Å². The number of para-hydroxylation sites is 1. The number of phenolic OH excluding ortho intramolecular Hbond substituents is 1. The molecule has 0 spiro atoms. The molecule has 1 aliphatic carbocycles. The Morgan fingerprint density at radius 2 is 1.59 bits per heavy atom. The number of carbonyl (C=O) groups is 2. The fourth-order valence-electron chi connectivity index (χ4n) is 8.80. The summed E-state index contributed by atoms with van der Waals surface area (Å²) < 4.78 is 9.38. The number of phenols is 1. The zero-order chi connectivity index (χ0) is 37.5. The van der Waals surface area contributed by atoms with Gasteiger partial charge in [0.15, 0.2) is 0 Å². The van der Waals surface area contributed by atoms with Crippen molar-refractivity contribution in [3.63, 3.8) is 0 Å². The molecule has 2 N–H and O–H groups in total. The number of fused-ring (bicyclic) bond motifs is 5. The number of aromatic hydroxyl groups is 1. The monoisotopic (exact) mass is 759 g/mol. The molecule has 9 rings (SSSR count). The topological polar surface area (TPSA) is 128 Å². The number of methoxy groups -OCH3 is 1. The Bertz CT molecular complexity index is 2690. The van der Waals surface area contributed by atoms with Crippen LogP contribution in [0.5, 0.6) is 11.5 Å². The van der Waals surface area contributed by atoms with Crippen molar-refractivity contribution in [2.45, 2.75) is 30.3 Å². The summed E-state index contributed by atoms with van der Waals surface area (Å²) in [5.41, 5.74) is 2.43. The van der Waals surface area contributed by atoms with Crippen molar-refractivity contribution in [2.24, 2.45) is 5.92 Å². The maximum absolute atomic E-state index is 15.6. The number of imide groups is 1. The molecule has 6 aromatic rings. The predicted octanol–water partition coefficient (Wildman–Crippen LogP) is 6.59. The van der Waals surface area contributed by atoms with Crippen LogP contribution in [0.3, 0.4) is 0 Å². The van der Waals surface area contributed by atoms with Crippen molar-refractivity contribution in [3.05, 3.63) is 163 Å². The molecule has 1 saturated carbocycles. The molecule has 0 bridgehead atoms. The van der Waals surface area contributed by atoms with Gasteiger partial charge in [-0.1, -0.05) is 89.9 Å². The summed E-state index contributed by atoms with van der Waals surface area (Å²) in [6.07, 6.45) is 1.84. The van der Waals surface area contributed by atoms with Crippen LogP contribution in [0.1, 0.15) is 29.5 Å². The number of benzene rings is 5. The van der Waals surface area contributed by atoms with Crippen LogP contribution in [-0.4, -0.2) is 43.0 Å². The van der Waals surface area contributed by atoms with Gasteiger partial charge in [0.25, 0.3) is 11.8 Å². The van der Waals surface area contributed by atoms with Crippen LogP contribution >= 0.6 is 23.2 Å². The number of halogens is 2. The van der Waals surface area contributed by atoms with Gasteiger partial charge in [-0.25, -0.2) is 23.5 Å². The molecule has 54 heavy (non-hydrogen) atoms. The van der Waals surface area contributed by atoms with Gasteiger partial charge in [0.05, 0.1) is 47.4 Å². The zero-order valence-corrected chi connectivity index (χ0v) is 30.2. The Hall–Kier alpha value is -6.04. The highest BCUT2D eigenvalue weighted by Gasteiger charge is 2.69. The second-order valence-electron chi connectivity index (χ2n) is 13.6. The van der Waals surface area contributed by atoms with E-state index in [1.54, 1.807) is 78.9 Å². The lowest BCUT2D eigenvalue weighted by Gasteiger charge is -2.49. The summed E-state index contributed by atoms with van der Waals surface area (Å²) in [4.78, 5) is 59.0. The van der Waals surface area contributed by atoms with E-state index in [2.05, 4.69) is 5.43 Å². The van der Waals surface area contributed by atoms with Gasteiger partial charge in [0.2, 0.25) is 0 Å². The number of hydrogen-bond donors (Lipinski definition) is 2. The van der Waals surface area contributed by atoms with Crippen molar-refractivity contribution >= 4 is 51.5 Å². The van der Waals surface area contributed by atoms with Crippen LogP contribution in [0.25, 0.3) is 16.5 Å². The summed E-state index contributed by atoms with van der Waals surface area (Å²) in [6, 6.07) is 30.3. The molecule has 1 aromatic heterocycles. The van der Waals surface area contributed by atoms with Crippen LogP contribution in [0, 0.1) is 5.92 Å². The Balaban J connectivity index is 1.34. The largest absolute Gasteiger partial charge is 0.508 e. The molecule has 2 aliphatic heterocycles. The van der Waals surface area contributed by atoms with Gasteiger partial charge in [-0.3, -0.25) is 15.0 Å². The van der Waals surface area contributed by atoms with Gasteiger partial charge in [0, 0.05) is 16.5 Å². The highest BCUT2D eigenvalue weighted by molar-refractivity contribution is 6.36. The molecule has 2 fully saturated rings. The highest BCUT2D eigenvalue weighted by atomic mass is 35.5. The van der Waals surface area contributed by atoms with Gasteiger partial charge < -0.3 is 9.84 Å². The first kappa shape index (κ1) is 33.8. The summed E-state index contributed by atoms with van der Waals surface area (Å²) in [7, 11) is 1.54. The van der Waals surface area contributed by atoms with E-state index in [1.165, 1.54) is 22.5 Å². The van der Waals surface area contributed by atoms with E-state index in [9.17, 15) is 14.7 Å². The molecule has 5 aromatic carbocycles. The average molecular weight is 761 g/mol. The van der Waals surface area contributed by atoms with Crippen molar-refractivity contribution in [2.75, 3.05) is 12.5 Å². The van der Waals surface area contributed by atoms with Crippen LogP contribution in [0.2, 0.25) is 10.0 Å². The molecule has 3 aliphatic rings. The summed E-state index contributed by atoms with van der Waals surface area (Å²) >= 11 is 12.8. The molecular formula is C41H31Cl2N5O6. The molecule has 3 heterocycles.